The molecule has 1 aromatic heterocycles. The second kappa shape index (κ2) is 3.16. The molecule has 2 nitrogen and oxygen atoms in total. The second-order valence-corrected chi connectivity index (χ2v) is 3.94. The van der Waals surface area contributed by atoms with Crippen LogP contribution >= 0.6 is 0 Å². The smallest absolute Gasteiger partial charge is 0.163 e. The van der Waals surface area contributed by atoms with Crippen LogP contribution in [0, 0.1) is 0 Å². The summed E-state index contributed by atoms with van der Waals surface area (Å²) in [6, 6.07) is 7.85. The summed E-state index contributed by atoms with van der Waals surface area (Å²) in [4.78, 5) is 16.0. The molecule has 1 heterocycles. The van der Waals surface area contributed by atoms with Crippen molar-refractivity contribution in [2.24, 2.45) is 0 Å². The Kier molecular flexibility index (Phi) is 1.81. The van der Waals surface area contributed by atoms with Crippen LogP contribution in [0.4, 0.5) is 0 Å². The van der Waals surface area contributed by atoms with Crippen molar-refractivity contribution in [1.29, 1.82) is 0 Å². The molecule has 0 saturated carbocycles. The highest BCUT2D eigenvalue weighted by atomic mass is 16.1. The fourth-order valence-electron chi connectivity index (χ4n) is 2.30. The number of pyridine rings is 1. The largest absolute Gasteiger partial charge is 0.294 e. The minimum absolute atomic E-state index is 0.280. The lowest BCUT2D eigenvalue weighted by atomic mass is 9.88. The number of carbonyl (C=O) groups is 1. The first-order valence-corrected chi connectivity index (χ1v) is 5.26. The molecule has 0 bridgehead atoms. The van der Waals surface area contributed by atoms with E-state index in [2.05, 4.69) is 11.1 Å². The third kappa shape index (κ3) is 1.25. The highest BCUT2D eigenvalue weighted by Crippen LogP contribution is 2.27. The topological polar surface area (TPSA) is 30.0 Å². The summed E-state index contributed by atoms with van der Waals surface area (Å²) in [7, 11) is 0. The summed E-state index contributed by atoms with van der Waals surface area (Å²) < 4.78 is 0. The average molecular weight is 197 g/mol. The molecule has 0 aliphatic heterocycles. The van der Waals surface area contributed by atoms with E-state index in [1.807, 2.05) is 18.2 Å². The maximum Gasteiger partial charge on any atom is 0.163 e. The maximum absolute atomic E-state index is 11.7. The number of carbonyl (C=O) groups excluding carboxylic acids is 1. The van der Waals surface area contributed by atoms with Crippen LogP contribution in [0.25, 0.3) is 10.9 Å². The average Bonchev–Trinajstić information content (AvgIpc) is 2.29. The highest BCUT2D eigenvalue weighted by molar-refractivity contribution is 6.03. The number of Topliss-reactive ketones (excluding diaryl/α,β-unsaturated/α-hetero) is 1. The number of fused-ring (bicyclic) bond motifs is 3. The number of aromatic nitrogens is 1. The molecule has 1 aliphatic rings. The van der Waals surface area contributed by atoms with E-state index in [1.54, 1.807) is 6.20 Å². The zero-order valence-electron chi connectivity index (χ0n) is 8.36. The van der Waals surface area contributed by atoms with Gasteiger partial charge in [0.05, 0.1) is 5.52 Å². The van der Waals surface area contributed by atoms with Crippen LogP contribution in [-0.2, 0) is 6.42 Å². The van der Waals surface area contributed by atoms with Gasteiger partial charge in [0.1, 0.15) is 0 Å². The van der Waals surface area contributed by atoms with Crippen LogP contribution in [0.3, 0.4) is 0 Å². The molecule has 2 aromatic rings. The molecule has 3 rings (SSSR count). The van der Waals surface area contributed by atoms with Crippen LogP contribution in [0.2, 0.25) is 0 Å². The van der Waals surface area contributed by atoms with Crippen LogP contribution < -0.4 is 0 Å². The normalized spacial score (nSPS) is 15.3. The van der Waals surface area contributed by atoms with Gasteiger partial charge in [-0.2, -0.15) is 0 Å². The molecule has 74 valence electrons. The molecule has 1 aromatic carbocycles. The Bertz CT molecular complexity index is 545. The summed E-state index contributed by atoms with van der Waals surface area (Å²) in [5.74, 6) is 0.280. The molecule has 15 heavy (non-hydrogen) atoms. The summed E-state index contributed by atoms with van der Waals surface area (Å²) in [6.45, 7) is 0. The molecule has 2 heteroatoms. The number of aryl methyl sites for hydroxylation is 1. The predicted molar refractivity (Wildman–Crippen MR) is 59.0 cm³/mol. The first-order chi connectivity index (χ1) is 7.36. The van der Waals surface area contributed by atoms with E-state index in [9.17, 15) is 4.79 Å². The summed E-state index contributed by atoms with van der Waals surface area (Å²) in [6.07, 6.45) is 4.46. The first-order valence-electron chi connectivity index (χ1n) is 5.26. The number of hydrogen-bond acceptors (Lipinski definition) is 2. The third-order valence-corrected chi connectivity index (χ3v) is 3.03. The Morgan fingerprint density at radius 3 is 3.00 bits per heavy atom. The molecule has 0 amide bonds. The van der Waals surface area contributed by atoms with Gasteiger partial charge in [0.15, 0.2) is 5.78 Å². The molecule has 0 spiro atoms. The second-order valence-electron chi connectivity index (χ2n) is 3.94. The Morgan fingerprint density at radius 1 is 1.13 bits per heavy atom. The molecular formula is C13H11NO. The predicted octanol–water partition coefficient (Wildman–Crippen LogP) is 2.75. The van der Waals surface area contributed by atoms with Gasteiger partial charge >= 0.3 is 0 Å². The maximum atomic E-state index is 11.7. The Hall–Kier alpha value is -1.70. The van der Waals surface area contributed by atoms with Gasteiger partial charge < -0.3 is 0 Å². The zero-order valence-corrected chi connectivity index (χ0v) is 8.36. The van der Waals surface area contributed by atoms with Crippen molar-refractivity contribution in [2.75, 3.05) is 0 Å². The lowest BCUT2D eigenvalue weighted by Crippen LogP contribution is -2.11. The van der Waals surface area contributed by atoms with E-state index in [4.69, 9.17) is 0 Å². The number of nitrogens with zero attached hydrogens (tertiary/aromatic N) is 1. The van der Waals surface area contributed by atoms with Gasteiger partial charge in [-0.1, -0.05) is 6.07 Å². The van der Waals surface area contributed by atoms with E-state index < -0.39 is 0 Å². The van der Waals surface area contributed by atoms with E-state index in [0.717, 1.165) is 29.3 Å². The van der Waals surface area contributed by atoms with E-state index in [-0.39, 0.29) is 5.78 Å². The van der Waals surface area contributed by atoms with Crippen LogP contribution in [0.5, 0.6) is 0 Å². The van der Waals surface area contributed by atoms with Crippen molar-refractivity contribution in [2.45, 2.75) is 19.3 Å². The number of ketones is 1. The molecule has 0 atom stereocenters. The fraction of sp³-hybridized carbons (Fsp3) is 0.231. The highest BCUT2D eigenvalue weighted by Gasteiger charge is 2.18. The molecule has 0 N–H and O–H groups in total. The summed E-state index contributed by atoms with van der Waals surface area (Å²) >= 11 is 0. The molecular weight excluding hydrogens is 186 g/mol. The Labute approximate surface area is 87.9 Å². The number of hydrogen-bond donors (Lipinski definition) is 0. The van der Waals surface area contributed by atoms with Crippen molar-refractivity contribution < 1.29 is 4.79 Å². The number of benzene rings is 1. The van der Waals surface area contributed by atoms with Gasteiger partial charge in [0.25, 0.3) is 0 Å². The Balaban J connectivity index is 2.38. The minimum atomic E-state index is 0.280. The van der Waals surface area contributed by atoms with Crippen molar-refractivity contribution >= 4 is 16.7 Å². The fourth-order valence-corrected chi connectivity index (χ4v) is 2.30. The van der Waals surface area contributed by atoms with E-state index in [1.165, 1.54) is 5.56 Å². The zero-order chi connectivity index (χ0) is 10.3. The molecule has 0 fully saturated rings. The number of rotatable bonds is 0. The molecule has 0 saturated heterocycles. The van der Waals surface area contributed by atoms with Crippen molar-refractivity contribution in [3.05, 3.63) is 41.6 Å². The summed E-state index contributed by atoms with van der Waals surface area (Å²) in [5, 5.41) is 1.14. The Morgan fingerprint density at radius 2 is 2.07 bits per heavy atom. The minimum Gasteiger partial charge on any atom is -0.294 e. The molecule has 0 unspecified atom stereocenters. The van der Waals surface area contributed by atoms with Crippen LogP contribution in [-0.4, -0.2) is 10.8 Å². The van der Waals surface area contributed by atoms with Crippen LogP contribution in [0.1, 0.15) is 28.8 Å². The van der Waals surface area contributed by atoms with Crippen molar-refractivity contribution in [3.8, 4) is 0 Å². The summed E-state index contributed by atoms with van der Waals surface area (Å²) in [5.41, 5.74) is 3.09. The first kappa shape index (κ1) is 8.60. The SMILES string of the molecule is O=C1CCCc2c1ccc1ncccc21. The van der Waals surface area contributed by atoms with Gasteiger partial charge in [-0.05, 0) is 36.6 Å². The molecule has 0 radical (unpaired) electrons. The van der Waals surface area contributed by atoms with E-state index in [0.29, 0.717) is 6.42 Å². The van der Waals surface area contributed by atoms with Gasteiger partial charge in [-0.3, -0.25) is 9.78 Å². The lowest BCUT2D eigenvalue weighted by Gasteiger charge is -2.16. The van der Waals surface area contributed by atoms with Gasteiger partial charge in [0, 0.05) is 23.6 Å². The lowest BCUT2D eigenvalue weighted by molar-refractivity contribution is 0.0973. The standard InChI is InChI=1S/C13H11NO/c15-13-5-1-3-9-10-4-2-8-14-12(10)7-6-11(9)13/h2,4,6-8H,1,3,5H2. The van der Waals surface area contributed by atoms with Crippen molar-refractivity contribution in [3.63, 3.8) is 0 Å². The van der Waals surface area contributed by atoms with Gasteiger partial charge in [-0.25, -0.2) is 0 Å². The van der Waals surface area contributed by atoms with Gasteiger partial charge in [-0.15, -0.1) is 0 Å². The van der Waals surface area contributed by atoms with Crippen molar-refractivity contribution in [1.82, 2.24) is 4.98 Å². The van der Waals surface area contributed by atoms with E-state index >= 15 is 0 Å². The monoisotopic (exact) mass is 197 g/mol. The van der Waals surface area contributed by atoms with Crippen LogP contribution in [0.15, 0.2) is 30.5 Å². The molecule has 1 aliphatic carbocycles. The van der Waals surface area contributed by atoms with Gasteiger partial charge in [0.2, 0.25) is 0 Å². The third-order valence-electron chi connectivity index (χ3n) is 3.03. The quantitative estimate of drug-likeness (QED) is 0.650.